The number of fused-ring (bicyclic) bond motifs is 1. The van der Waals surface area contributed by atoms with Gasteiger partial charge in [-0.2, -0.15) is 0 Å². The molecule has 6 heteroatoms. The normalized spacial score (nSPS) is 11.6. The maximum absolute atomic E-state index is 12.4. The Hall–Kier alpha value is -2.79. The number of para-hydroxylation sites is 1. The van der Waals surface area contributed by atoms with Gasteiger partial charge in [0, 0.05) is 16.1 Å². The molecule has 1 aromatic heterocycles. The zero-order chi connectivity index (χ0) is 15.5. The van der Waals surface area contributed by atoms with Crippen LogP contribution in [-0.2, 0) is 0 Å². The molecule has 0 aliphatic carbocycles. The van der Waals surface area contributed by atoms with Crippen LogP contribution >= 0.6 is 11.6 Å². The van der Waals surface area contributed by atoms with Crippen LogP contribution < -0.4 is 10.9 Å². The molecule has 110 valence electrons. The summed E-state index contributed by atoms with van der Waals surface area (Å²) in [4.78, 5) is 12.4. The molecule has 3 aromatic rings. The van der Waals surface area contributed by atoms with Crippen LogP contribution in [0.3, 0.4) is 0 Å². The third kappa shape index (κ3) is 2.80. The second kappa shape index (κ2) is 5.91. The van der Waals surface area contributed by atoms with Crippen LogP contribution in [0.25, 0.3) is 11.0 Å². The van der Waals surface area contributed by atoms with Crippen LogP contribution in [0.1, 0.15) is 10.4 Å². The molecule has 0 saturated heterocycles. The SMILES string of the molecule is O=C(Nc1cccc(Cl)c1)c1cc2ccccc2o/c1=N/O. The number of hydrogen-bond acceptors (Lipinski definition) is 4. The Morgan fingerprint density at radius 3 is 2.73 bits per heavy atom. The van der Waals surface area contributed by atoms with E-state index in [-0.39, 0.29) is 11.1 Å². The minimum atomic E-state index is -0.454. The Labute approximate surface area is 130 Å². The first-order chi connectivity index (χ1) is 10.7. The zero-order valence-corrected chi connectivity index (χ0v) is 12.0. The fourth-order valence-corrected chi connectivity index (χ4v) is 2.26. The van der Waals surface area contributed by atoms with E-state index in [1.54, 1.807) is 48.5 Å². The summed E-state index contributed by atoms with van der Waals surface area (Å²) in [5.74, 6) is -0.454. The van der Waals surface area contributed by atoms with Crippen molar-refractivity contribution >= 4 is 34.2 Å². The molecule has 0 bridgehead atoms. The van der Waals surface area contributed by atoms with E-state index in [2.05, 4.69) is 10.5 Å². The molecule has 0 spiro atoms. The van der Waals surface area contributed by atoms with Gasteiger partial charge in [0.1, 0.15) is 11.1 Å². The van der Waals surface area contributed by atoms with Crippen molar-refractivity contribution in [1.29, 1.82) is 0 Å². The summed E-state index contributed by atoms with van der Waals surface area (Å²) in [7, 11) is 0. The van der Waals surface area contributed by atoms with Gasteiger partial charge < -0.3 is 14.9 Å². The molecule has 0 saturated carbocycles. The number of nitrogens with one attached hydrogen (secondary N) is 1. The van der Waals surface area contributed by atoms with Gasteiger partial charge in [0.2, 0.25) is 0 Å². The summed E-state index contributed by atoms with van der Waals surface area (Å²) in [6.45, 7) is 0. The molecule has 0 unspecified atom stereocenters. The van der Waals surface area contributed by atoms with Gasteiger partial charge in [0.25, 0.3) is 11.5 Å². The van der Waals surface area contributed by atoms with Crippen molar-refractivity contribution in [3.05, 3.63) is 70.7 Å². The van der Waals surface area contributed by atoms with E-state index in [0.29, 0.717) is 16.3 Å². The molecule has 22 heavy (non-hydrogen) atoms. The van der Waals surface area contributed by atoms with Crippen LogP contribution in [0, 0.1) is 0 Å². The Kier molecular flexibility index (Phi) is 3.80. The number of carbonyl (C=O) groups excluding carboxylic acids is 1. The van der Waals surface area contributed by atoms with Crippen LogP contribution in [0.5, 0.6) is 0 Å². The number of anilines is 1. The molecule has 2 aromatic carbocycles. The van der Waals surface area contributed by atoms with Gasteiger partial charge in [-0.1, -0.05) is 35.9 Å². The molecule has 0 aliphatic heterocycles. The lowest BCUT2D eigenvalue weighted by molar-refractivity contribution is 0.102. The molecule has 3 rings (SSSR count). The van der Waals surface area contributed by atoms with Crippen molar-refractivity contribution in [2.24, 2.45) is 5.16 Å². The molecular weight excluding hydrogens is 304 g/mol. The first-order valence-electron chi connectivity index (χ1n) is 6.45. The summed E-state index contributed by atoms with van der Waals surface area (Å²) >= 11 is 5.88. The lowest BCUT2D eigenvalue weighted by atomic mass is 10.1. The van der Waals surface area contributed by atoms with E-state index in [0.717, 1.165) is 5.39 Å². The van der Waals surface area contributed by atoms with Crippen LogP contribution in [-0.4, -0.2) is 11.1 Å². The van der Waals surface area contributed by atoms with Crippen LogP contribution in [0.15, 0.2) is 64.2 Å². The van der Waals surface area contributed by atoms with E-state index < -0.39 is 5.91 Å². The Bertz CT molecular complexity index is 918. The maximum Gasteiger partial charge on any atom is 0.268 e. The molecule has 5 nitrogen and oxygen atoms in total. The highest BCUT2D eigenvalue weighted by Crippen LogP contribution is 2.17. The Morgan fingerprint density at radius 2 is 1.95 bits per heavy atom. The number of rotatable bonds is 2. The zero-order valence-electron chi connectivity index (χ0n) is 11.3. The topological polar surface area (TPSA) is 74.8 Å². The van der Waals surface area contributed by atoms with Crippen molar-refractivity contribution in [1.82, 2.24) is 0 Å². The fraction of sp³-hybridized carbons (Fsp3) is 0. The highest BCUT2D eigenvalue weighted by atomic mass is 35.5. The van der Waals surface area contributed by atoms with Crippen molar-refractivity contribution < 1.29 is 14.4 Å². The molecule has 0 fully saturated rings. The van der Waals surface area contributed by atoms with Gasteiger partial charge in [-0.3, -0.25) is 4.79 Å². The van der Waals surface area contributed by atoms with E-state index in [9.17, 15) is 4.79 Å². The van der Waals surface area contributed by atoms with Gasteiger partial charge in [0.05, 0.1) is 0 Å². The Balaban J connectivity index is 2.03. The summed E-state index contributed by atoms with van der Waals surface area (Å²) in [5.41, 5.74) is 1.03. The number of carbonyl (C=O) groups is 1. The van der Waals surface area contributed by atoms with Crippen LogP contribution in [0.2, 0.25) is 5.02 Å². The maximum atomic E-state index is 12.4. The minimum absolute atomic E-state index is 0.126. The molecule has 1 amide bonds. The number of halogens is 1. The van der Waals surface area contributed by atoms with E-state index in [1.165, 1.54) is 0 Å². The molecular formula is C16H11ClN2O3. The minimum Gasteiger partial charge on any atom is -0.435 e. The third-order valence-electron chi connectivity index (χ3n) is 3.07. The first kappa shape index (κ1) is 14.2. The lowest BCUT2D eigenvalue weighted by Gasteiger charge is -2.06. The molecule has 0 atom stereocenters. The highest BCUT2D eigenvalue weighted by molar-refractivity contribution is 6.31. The van der Waals surface area contributed by atoms with Gasteiger partial charge >= 0.3 is 0 Å². The second-order valence-electron chi connectivity index (χ2n) is 4.57. The Morgan fingerprint density at radius 1 is 1.14 bits per heavy atom. The second-order valence-corrected chi connectivity index (χ2v) is 5.00. The monoisotopic (exact) mass is 314 g/mol. The van der Waals surface area contributed by atoms with Crippen molar-refractivity contribution in [2.75, 3.05) is 5.32 Å². The number of hydrogen-bond donors (Lipinski definition) is 2. The molecule has 2 N–H and O–H groups in total. The van der Waals surface area contributed by atoms with Gasteiger partial charge in [-0.25, -0.2) is 0 Å². The predicted molar refractivity (Wildman–Crippen MR) is 83.0 cm³/mol. The van der Waals surface area contributed by atoms with Crippen molar-refractivity contribution in [3.8, 4) is 0 Å². The van der Waals surface area contributed by atoms with Gasteiger partial charge in [0.15, 0.2) is 0 Å². The van der Waals surface area contributed by atoms with E-state index in [1.807, 2.05) is 6.07 Å². The highest BCUT2D eigenvalue weighted by Gasteiger charge is 2.13. The summed E-state index contributed by atoms with van der Waals surface area (Å²) < 4.78 is 5.42. The molecule has 1 heterocycles. The average molecular weight is 315 g/mol. The summed E-state index contributed by atoms with van der Waals surface area (Å²) in [6, 6.07) is 15.5. The fourth-order valence-electron chi connectivity index (χ4n) is 2.07. The average Bonchev–Trinajstić information content (AvgIpc) is 2.53. The predicted octanol–water partition coefficient (Wildman–Crippen LogP) is 3.63. The summed E-state index contributed by atoms with van der Waals surface area (Å²) in [6.07, 6.45) is 0. The van der Waals surface area contributed by atoms with E-state index in [4.69, 9.17) is 21.2 Å². The molecule has 0 aliphatic rings. The number of nitrogens with zero attached hydrogens (tertiary/aromatic N) is 1. The first-order valence-corrected chi connectivity index (χ1v) is 6.83. The summed E-state index contributed by atoms with van der Waals surface area (Å²) in [5, 5.41) is 16.0. The van der Waals surface area contributed by atoms with Crippen molar-refractivity contribution in [3.63, 3.8) is 0 Å². The standard InChI is InChI=1S/C16H11ClN2O3/c17-11-5-3-6-12(9-11)18-15(20)13-8-10-4-1-2-7-14(10)22-16(13)19-21/h1-9,21H,(H,18,20)/b19-16+. The van der Waals surface area contributed by atoms with Crippen molar-refractivity contribution in [2.45, 2.75) is 0 Å². The number of benzene rings is 2. The van der Waals surface area contributed by atoms with Gasteiger partial charge in [-0.15, -0.1) is 0 Å². The smallest absolute Gasteiger partial charge is 0.268 e. The van der Waals surface area contributed by atoms with E-state index >= 15 is 0 Å². The third-order valence-corrected chi connectivity index (χ3v) is 3.31. The van der Waals surface area contributed by atoms with Crippen LogP contribution in [0.4, 0.5) is 5.69 Å². The largest absolute Gasteiger partial charge is 0.435 e. The molecule has 0 radical (unpaired) electrons. The van der Waals surface area contributed by atoms with Gasteiger partial charge in [-0.05, 0) is 35.5 Å². The number of amides is 1. The lowest BCUT2D eigenvalue weighted by Crippen LogP contribution is -2.21. The quantitative estimate of drug-likeness (QED) is 0.560.